The first-order chi connectivity index (χ1) is 7.56. The first kappa shape index (κ1) is 10.7. The minimum absolute atomic E-state index is 0.0109. The molecule has 0 aromatic rings. The molecule has 2 heterocycles. The molecule has 5 heteroatoms. The molecule has 0 aromatic heterocycles. The van der Waals surface area contributed by atoms with Crippen molar-refractivity contribution in [3.05, 3.63) is 24.0 Å². The molecule has 2 rings (SSSR count). The van der Waals surface area contributed by atoms with Crippen molar-refractivity contribution in [1.82, 2.24) is 9.91 Å². The first-order valence-corrected chi connectivity index (χ1v) is 5.37. The Morgan fingerprint density at radius 1 is 1.50 bits per heavy atom. The number of hydrazone groups is 1. The van der Waals surface area contributed by atoms with Crippen molar-refractivity contribution in [2.24, 2.45) is 16.8 Å². The fraction of sp³-hybridized carbons (Fsp3) is 0.455. The molecular formula is C11H16N4O. The van der Waals surface area contributed by atoms with Crippen molar-refractivity contribution < 1.29 is 4.79 Å². The van der Waals surface area contributed by atoms with Gasteiger partial charge in [0.1, 0.15) is 6.54 Å². The fourth-order valence-electron chi connectivity index (χ4n) is 1.67. The van der Waals surface area contributed by atoms with E-state index in [0.717, 1.165) is 5.84 Å². The smallest absolute Gasteiger partial charge is 0.262 e. The summed E-state index contributed by atoms with van der Waals surface area (Å²) in [5, 5.41) is 5.84. The van der Waals surface area contributed by atoms with Crippen molar-refractivity contribution in [1.29, 1.82) is 0 Å². The monoisotopic (exact) mass is 220 g/mol. The van der Waals surface area contributed by atoms with Crippen LogP contribution in [0.5, 0.6) is 0 Å². The van der Waals surface area contributed by atoms with Crippen LogP contribution in [0.3, 0.4) is 0 Å². The van der Waals surface area contributed by atoms with Gasteiger partial charge in [0.05, 0.1) is 0 Å². The largest absolute Gasteiger partial charge is 0.398 e. The number of allylic oxidation sites excluding steroid dienone is 1. The molecule has 5 nitrogen and oxygen atoms in total. The van der Waals surface area contributed by atoms with Crippen molar-refractivity contribution in [2.75, 3.05) is 13.1 Å². The highest BCUT2D eigenvalue weighted by Crippen LogP contribution is 2.14. The van der Waals surface area contributed by atoms with Gasteiger partial charge in [-0.1, -0.05) is 13.8 Å². The Balaban J connectivity index is 2.20. The molecule has 2 N–H and O–H groups in total. The van der Waals surface area contributed by atoms with E-state index >= 15 is 0 Å². The minimum atomic E-state index is 0.0109. The molecule has 0 bridgehead atoms. The Labute approximate surface area is 94.9 Å². The van der Waals surface area contributed by atoms with Crippen LogP contribution >= 0.6 is 0 Å². The van der Waals surface area contributed by atoms with Crippen molar-refractivity contribution >= 4 is 11.7 Å². The molecule has 0 radical (unpaired) electrons. The highest BCUT2D eigenvalue weighted by atomic mass is 16.2. The summed E-state index contributed by atoms with van der Waals surface area (Å²) in [5.74, 6) is 1.19. The highest BCUT2D eigenvalue weighted by molar-refractivity contribution is 6.00. The molecule has 2 aliphatic rings. The molecule has 2 aliphatic heterocycles. The molecule has 0 aliphatic carbocycles. The number of fused-ring (bicyclic) bond motifs is 1. The molecule has 0 fully saturated rings. The zero-order valence-electron chi connectivity index (χ0n) is 9.55. The fourth-order valence-corrected chi connectivity index (χ4v) is 1.67. The number of hydrogen-bond acceptors (Lipinski definition) is 4. The van der Waals surface area contributed by atoms with E-state index in [4.69, 9.17) is 5.73 Å². The maximum Gasteiger partial charge on any atom is 0.262 e. The number of amides is 1. The summed E-state index contributed by atoms with van der Waals surface area (Å²) >= 11 is 0. The van der Waals surface area contributed by atoms with Crippen LogP contribution in [0.1, 0.15) is 13.8 Å². The van der Waals surface area contributed by atoms with E-state index in [1.165, 1.54) is 5.01 Å². The second-order valence-electron chi connectivity index (χ2n) is 4.42. The Kier molecular flexibility index (Phi) is 2.68. The van der Waals surface area contributed by atoms with E-state index < -0.39 is 0 Å². The second kappa shape index (κ2) is 4.00. The van der Waals surface area contributed by atoms with E-state index in [0.29, 0.717) is 24.7 Å². The zero-order chi connectivity index (χ0) is 11.7. The van der Waals surface area contributed by atoms with E-state index in [1.807, 2.05) is 6.08 Å². The third-order valence-corrected chi connectivity index (χ3v) is 2.38. The van der Waals surface area contributed by atoms with E-state index in [1.54, 1.807) is 17.2 Å². The molecule has 1 amide bonds. The molecular weight excluding hydrogens is 204 g/mol. The molecule has 16 heavy (non-hydrogen) atoms. The molecule has 86 valence electrons. The van der Waals surface area contributed by atoms with Gasteiger partial charge in [0, 0.05) is 18.4 Å². The predicted molar refractivity (Wildman–Crippen MR) is 62.1 cm³/mol. The number of amidine groups is 1. The van der Waals surface area contributed by atoms with Crippen LogP contribution in [0.15, 0.2) is 29.2 Å². The molecule has 0 aromatic carbocycles. The third kappa shape index (κ3) is 2.08. The van der Waals surface area contributed by atoms with Crippen LogP contribution < -0.4 is 5.73 Å². The van der Waals surface area contributed by atoms with Crippen LogP contribution in [0.4, 0.5) is 0 Å². The highest BCUT2D eigenvalue weighted by Gasteiger charge is 2.25. The van der Waals surface area contributed by atoms with Gasteiger partial charge in [0.25, 0.3) is 5.91 Å². The average molecular weight is 220 g/mol. The molecule has 0 atom stereocenters. The molecule has 0 saturated heterocycles. The normalized spacial score (nSPS) is 19.8. The Morgan fingerprint density at radius 2 is 2.25 bits per heavy atom. The SMILES string of the molecule is CC(C)CN1N=C2C=CC(N)=CN2CC1=O. The van der Waals surface area contributed by atoms with Gasteiger partial charge in [-0.25, -0.2) is 5.01 Å². The number of carbonyl (C=O) groups is 1. The summed E-state index contributed by atoms with van der Waals surface area (Å²) in [6.07, 6.45) is 5.36. The first-order valence-electron chi connectivity index (χ1n) is 5.37. The number of carbonyl (C=O) groups excluding carboxylic acids is 1. The summed E-state index contributed by atoms with van der Waals surface area (Å²) in [4.78, 5) is 13.5. The quantitative estimate of drug-likeness (QED) is 0.735. The third-order valence-electron chi connectivity index (χ3n) is 2.38. The summed E-state index contributed by atoms with van der Waals surface area (Å²) in [6, 6.07) is 0. The van der Waals surface area contributed by atoms with Crippen LogP contribution in [-0.2, 0) is 4.79 Å². The van der Waals surface area contributed by atoms with Crippen molar-refractivity contribution in [2.45, 2.75) is 13.8 Å². The van der Waals surface area contributed by atoms with Gasteiger partial charge in [-0.15, -0.1) is 0 Å². The van der Waals surface area contributed by atoms with Crippen LogP contribution in [0.25, 0.3) is 0 Å². The summed E-state index contributed by atoms with van der Waals surface area (Å²) in [6.45, 7) is 5.10. The number of rotatable bonds is 2. The lowest BCUT2D eigenvalue weighted by Gasteiger charge is -2.32. The maximum absolute atomic E-state index is 11.8. The standard InChI is InChI=1S/C11H16N4O/c1-8(2)5-15-11(16)7-14-6-9(12)3-4-10(14)13-15/h3-4,6,8H,5,7,12H2,1-2H3. The van der Waals surface area contributed by atoms with Crippen LogP contribution in [0.2, 0.25) is 0 Å². The van der Waals surface area contributed by atoms with Gasteiger partial charge in [-0.2, -0.15) is 5.10 Å². The van der Waals surface area contributed by atoms with Crippen molar-refractivity contribution in [3.63, 3.8) is 0 Å². The Bertz CT molecular complexity index is 395. The summed E-state index contributed by atoms with van der Waals surface area (Å²) in [5.41, 5.74) is 6.30. The number of nitrogens with zero attached hydrogens (tertiary/aromatic N) is 3. The summed E-state index contributed by atoms with van der Waals surface area (Å²) < 4.78 is 0. The lowest BCUT2D eigenvalue weighted by atomic mass is 10.2. The molecule has 0 saturated carbocycles. The van der Waals surface area contributed by atoms with E-state index in [2.05, 4.69) is 18.9 Å². The number of hydrogen-bond donors (Lipinski definition) is 1. The Morgan fingerprint density at radius 3 is 2.94 bits per heavy atom. The van der Waals surface area contributed by atoms with E-state index in [9.17, 15) is 4.79 Å². The van der Waals surface area contributed by atoms with Crippen molar-refractivity contribution in [3.8, 4) is 0 Å². The molecule has 0 spiro atoms. The lowest BCUT2D eigenvalue weighted by Crippen LogP contribution is -2.46. The van der Waals surface area contributed by atoms with Crippen LogP contribution in [0, 0.1) is 5.92 Å². The zero-order valence-corrected chi connectivity index (χ0v) is 9.55. The summed E-state index contributed by atoms with van der Waals surface area (Å²) in [7, 11) is 0. The van der Waals surface area contributed by atoms with Gasteiger partial charge in [-0.05, 0) is 18.1 Å². The molecule has 0 unspecified atom stereocenters. The van der Waals surface area contributed by atoms with Gasteiger partial charge in [0.15, 0.2) is 5.84 Å². The average Bonchev–Trinajstić information content (AvgIpc) is 2.19. The maximum atomic E-state index is 11.8. The number of nitrogens with two attached hydrogens (primary N) is 1. The minimum Gasteiger partial charge on any atom is -0.398 e. The van der Waals surface area contributed by atoms with Gasteiger partial charge < -0.3 is 10.6 Å². The Hall–Kier alpha value is -1.78. The van der Waals surface area contributed by atoms with Crippen LogP contribution in [-0.4, -0.2) is 34.7 Å². The van der Waals surface area contributed by atoms with Gasteiger partial charge in [0.2, 0.25) is 0 Å². The lowest BCUT2D eigenvalue weighted by molar-refractivity contribution is -0.132. The second-order valence-corrected chi connectivity index (χ2v) is 4.42. The topological polar surface area (TPSA) is 61.9 Å². The van der Waals surface area contributed by atoms with Gasteiger partial charge in [-0.3, -0.25) is 4.79 Å². The predicted octanol–water partition coefficient (Wildman–Crippen LogP) is 0.470. The van der Waals surface area contributed by atoms with Gasteiger partial charge >= 0.3 is 0 Å². The van der Waals surface area contributed by atoms with E-state index in [-0.39, 0.29) is 5.91 Å².